The molecule has 1 aromatic rings. The summed E-state index contributed by atoms with van der Waals surface area (Å²) in [6.45, 7) is 2.59. The van der Waals surface area contributed by atoms with E-state index in [1.165, 1.54) is 18.4 Å². The van der Waals surface area contributed by atoms with Gasteiger partial charge in [0.25, 0.3) is 0 Å². The van der Waals surface area contributed by atoms with Gasteiger partial charge in [-0.25, -0.2) is 4.79 Å². The minimum absolute atomic E-state index is 0.157. The van der Waals surface area contributed by atoms with Crippen molar-refractivity contribution >= 4 is 22.0 Å². The average Bonchev–Trinajstić information content (AvgIpc) is 3.17. The molecule has 0 radical (unpaired) electrons. The molecule has 0 spiro atoms. The summed E-state index contributed by atoms with van der Waals surface area (Å²) in [5, 5.41) is 5.59. The number of urea groups is 1. The van der Waals surface area contributed by atoms with E-state index in [-0.39, 0.29) is 6.03 Å². The molecule has 0 unspecified atom stereocenters. The minimum atomic E-state index is -0.157. The molecule has 0 atom stereocenters. The van der Waals surface area contributed by atoms with Gasteiger partial charge in [0.05, 0.1) is 0 Å². The Kier molecular flexibility index (Phi) is 4.42. The molecule has 1 aliphatic rings. The lowest BCUT2D eigenvalue weighted by Crippen LogP contribution is -2.31. The van der Waals surface area contributed by atoms with E-state index in [9.17, 15) is 4.79 Å². The highest BCUT2D eigenvalue weighted by molar-refractivity contribution is 9.10. The molecule has 4 heteroatoms. The number of carbonyl (C=O) groups excluding carboxylic acids is 1. The molecule has 2 N–H and O–H groups in total. The van der Waals surface area contributed by atoms with E-state index < -0.39 is 0 Å². The fraction of sp³-hybridized carbons (Fsp3) is 0.357. The van der Waals surface area contributed by atoms with E-state index in [4.69, 9.17) is 0 Å². The number of benzene rings is 1. The van der Waals surface area contributed by atoms with Crippen LogP contribution in [0.5, 0.6) is 0 Å². The van der Waals surface area contributed by atoms with Crippen LogP contribution in [0.25, 0.3) is 0 Å². The fourth-order valence-corrected chi connectivity index (χ4v) is 2.16. The first-order chi connectivity index (χ1) is 8.65. The molecule has 0 aliphatic heterocycles. The summed E-state index contributed by atoms with van der Waals surface area (Å²) in [7, 11) is 0. The van der Waals surface area contributed by atoms with E-state index in [0.717, 1.165) is 10.0 Å². The quantitative estimate of drug-likeness (QED) is 0.877. The second kappa shape index (κ2) is 6.05. The van der Waals surface area contributed by atoms with Crippen LogP contribution in [0.3, 0.4) is 0 Å². The number of hydrogen-bond acceptors (Lipinski definition) is 1. The Labute approximate surface area is 116 Å². The molecule has 18 heavy (non-hydrogen) atoms. The van der Waals surface area contributed by atoms with Crippen LogP contribution in [-0.4, -0.2) is 6.03 Å². The number of amides is 2. The average molecular weight is 309 g/mol. The lowest BCUT2D eigenvalue weighted by molar-refractivity contribution is 0.243. The SMILES string of the molecule is C/C(=C\NC(=O)NCc1cccc(Br)c1)C1CC1. The van der Waals surface area contributed by atoms with Crippen molar-refractivity contribution in [2.24, 2.45) is 5.92 Å². The van der Waals surface area contributed by atoms with E-state index in [2.05, 4.69) is 33.5 Å². The highest BCUT2D eigenvalue weighted by Gasteiger charge is 2.22. The van der Waals surface area contributed by atoms with Crippen molar-refractivity contribution in [3.05, 3.63) is 46.1 Å². The smallest absolute Gasteiger partial charge is 0.319 e. The molecule has 1 fully saturated rings. The third-order valence-electron chi connectivity index (χ3n) is 2.99. The second-order valence-electron chi connectivity index (χ2n) is 4.62. The van der Waals surface area contributed by atoms with Gasteiger partial charge in [0.1, 0.15) is 0 Å². The van der Waals surface area contributed by atoms with Crippen molar-refractivity contribution in [1.29, 1.82) is 0 Å². The number of halogens is 1. The molecule has 2 rings (SSSR count). The van der Waals surface area contributed by atoms with E-state index >= 15 is 0 Å². The van der Waals surface area contributed by atoms with Crippen LogP contribution >= 0.6 is 15.9 Å². The van der Waals surface area contributed by atoms with Gasteiger partial charge in [-0.1, -0.05) is 33.6 Å². The fourth-order valence-electron chi connectivity index (χ4n) is 1.72. The van der Waals surface area contributed by atoms with Crippen LogP contribution in [-0.2, 0) is 6.54 Å². The highest BCUT2D eigenvalue weighted by atomic mass is 79.9. The third kappa shape index (κ3) is 4.18. The van der Waals surface area contributed by atoms with Crippen molar-refractivity contribution in [1.82, 2.24) is 10.6 Å². The molecule has 1 aromatic carbocycles. The Morgan fingerprint density at radius 3 is 2.94 bits per heavy atom. The summed E-state index contributed by atoms with van der Waals surface area (Å²) in [6.07, 6.45) is 4.32. The summed E-state index contributed by atoms with van der Waals surface area (Å²) >= 11 is 3.40. The number of hydrogen-bond donors (Lipinski definition) is 2. The number of nitrogens with one attached hydrogen (secondary N) is 2. The molecule has 1 saturated carbocycles. The van der Waals surface area contributed by atoms with Gasteiger partial charge < -0.3 is 10.6 Å². The van der Waals surface area contributed by atoms with Gasteiger partial charge in [-0.05, 0) is 43.4 Å². The van der Waals surface area contributed by atoms with Crippen LogP contribution in [0.1, 0.15) is 25.3 Å². The summed E-state index contributed by atoms with van der Waals surface area (Å²) in [6, 6.07) is 7.73. The molecule has 0 heterocycles. The van der Waals surface area contributed by atoms with Crippen LogP contribution in [0.4, 0.5) is 4.79 Å². The zero-order chi connectivity index (χ0) is 13.0. The van der Waals surface area contributed by atoms with Crippen LogP contribution in [0.2, 0.25) is 0 Å². The first-order valence-electron chi connectivity index (χ1n) is 6.10. The summed E-state index contributed by atoms with van der Waals surface area (Å²) in [5.41, 5.74) is 2.33. The molecule has 0 saturated heterocycles. The molecule has 0 bridgehead atoms. The zero-order valence-corrected chi connectivity index (χ0v) is 12.0. The summed E-state index contributed by atoms with van der Waals surface area (Å²) in [4.78, 5) is 11.6. The Balaban J connectivity index is 1.76. The zero-order valence-electron chi connectivity index (χ0n) is 10.4. The molecular weight excluding hydrogens is 292 g/mol. The van der Waals surface area contributed by atoms with Gasteiger partial charge in [0.2, 0.25) is 0 Å². The normalized spacial score (nSPS) is 15.3. The second-order valence-corrected chi connectivity index (χ2v) is 5.54. The predicted molar refractivity (Wildman–Crippen MR) is 76.0 cm³/mol. The van der Waals surface area contributed by atoms with Gasteiger partial charge in [0.15, 0.2) is 0 Å². The molecule has 1 aliphatic carbocycles. The Hall–Kier alpha value is -1.29. The van der Waals surface area contributed by atoms with E-state index in [0.29, 0.717) is 12.5 Å². The maximum absolute atomic E-state index is 11.6. The first-order valence-corrected chi connectivity index (χ1v) is 6.90. The van der Waals surface area contributed by atoms with Crippen molar-refractivity contribution < 1.29 is 4.79 Å². The van der Waals surface area contributed by atoms with Crippen molar-refractivity contribution in [3.63, 3.8) is 0 Å². The van der Waals surface area contributed by atoms with Gasteiger partial charge >= 0.3 is 6.03 Å². The Bertz CT molecular complexity index is 467. The summed E-state index contributed by atoms with van der Waals surface area (Å²) in [5.74, 6) is 0.690. The lowest BCUT2D eigenvalue weighted by Gasteiger charge is -2.06. The third-order valence-corrected chi connectivity index (χ3v) is 3.49. The van der Waals surface area contributed by atoms with Gasteiger partial charge in [-0.15, -0.1) is 0 Å². The first kappa shape index (κ1) is 13.1. The van der Waals surface area contributed by atoms with Gasteiger partial charge in [-0.2, -0.15) is 0 Å². The van der Waals surface area contributed by atoms with Crippen molar-refractivity contribution in [2.45, 2.75) is 26.3 Å². The molecule has 96 valence electrons. The lowest BCUT2D eigenvalue weighted by atomic mass is 10.2. The largest absolute Gasteiger partial charge is 0.334 e. The Morgan fingerprint density at radius 2 is 2.28 bits per heavy atom. The summed E-state index contributed by atoms with van der Waals surface area (Å²) < 4.78 is 1.02. The molecule has 0 aromatic heterocycles. The van der Waals surface area contributed by atoms with Gasteiger partial charge in [-0.3, -0.25) is 0 Å². The molecular formula is C14H17BrN2O. The minimum Gasteiger partial charge on any atom is -0.334 e. The standard InChI is InChI=1S/C14H17BrN2O/c1-10(12-5-6-12)8-16-14(18)17-9-11-3-2-4-13(15)7-11/h2-4,7-8,12H,5-6,9H2,1H3,(H2,16,17,18)/b10-8+. The van der Waals surface area contributed by atoms with E-state index in [1.54, 1.807) is 0 Å². The van der Waals surface area contributed by atoms with Crippen LogP contribution < -0.4 is 10.6 Å². The Morgan fingerprint density at radius 1 is 1.50 bits per heavy atom. The molecule has 2 amide bonds. The van der Waals surface area contributed by atoms with E-state index in [1.807, 2.05) is 30.5 Å². The van der Waals surface area contributed by atoms with Crippen LogP contribution in [0.15, 0.2) is 40.5 Å². The van der Waals surface area contributed by atoms with Crippen molar-refractivity contribution in [3.8, 4) is 0 Å². The maximum Gasteiger partial charge on any atom is 0.319 e. The maximum atomic E-state index is 11.6. The number of carbonyl (C=O) groups is 1. The number of rotatable bonds is 4. The predicted octanol–water partition coefficient (Wildman–Crippen LogP) is 3.56. The van der Waals surface area contributed by atoms with Gasteiger partial charge in [0, 0.05) is 17.2 Å². The monoisotopic (exact) mass is 308 g/mol. The number of allylic oxidation sites excluding steroid dienone is 1. The van der Waals surface area contributed by atoms with Crippen LogP contribution in [0, 0.1) is 5.92 Å². The molecule has 3 nitrogen and oxygen atoms in total. The topological polar surface area (TPSA) is 41.1 Å². The highest BCUT2D eigenvalue weighted by Crippen LogP contribution is 2.35. The van der Waals surface area contributed by atoms with Crippen molar-refractivity contribution in [2.75, 3.05) is 0 Å².